The number of carbonyl (C=O) groups is 1. The summed E-state index contributed by atoms with van der Waals surface area (Å²) in [4.78, 5) is 19.1. The van der Waals surface area contributed by atoms with Crippen molar-refractivity contribution in [1.82, 2.24) is 4.98 Å². The maximum atomic E-state index is 13.3. The van der Waals surface area contributed by atoms with Crippen LogP contribution >= 0.6 is 0 Å². The SMILES string of the molecule is CC(C)Oc1ccccc1C(=O)N(C[C@@H]1CCCO1)c1ccncc1. The molecule has 0 aliphatic carbocycles. The van der Waals surface area contributed by atoms with Crippen LogP contribution < -0.4 is 9.64 Å². The standard InChI is InChI=1S/C20H24N2O3/c1-15(2)25-19-8-4-3-7-18(19)20(23)22(14-17-6-5-13-24-17)16-9-11-21-12-10-16/h3-4,7-12,15,17H,5-6,13-14H2,1-2H3/t17-/m0/s1. The lowest BCUT2D eigenvalue weighted by Gasteiger charge is -2.26. The van der Waals surface area contributed by atoms with Gasteiger partial charge in [-0.05, 0) is 51.0 Å². The molecule has 5 nitrogen and oxygen atoms in total. The maximum Gasteiger partial charge on any atom is 0.262 e. The summed E-state index contributed by atoms with van der Waals surface area (Å²) in [5.74, 6) is 0.520. The van der Waals surface area contributed by atoms with Crippen molar-refractivity contribution in [3.05, 3.63) is 54.4 Å². The van der Waals surface area contributed by atoms with Crippen molar-refractivity contribution in [3.8, 4) is 5.75 Å². The van der Waals surface area contributed by atoms with E-state index in [1.165, 1.54) is 0 Å². The normalized spacial score (nSPS) is 16.8. The lowest BCUT2D eigenvalue weighted by molar-refractivity contribution is 0.0912. The Hall–Kier alpha value is -2.40. The lowest BCUT2D eigenvalue weighted by Crippen LogP contribution is -2.37. The summed E-state index contributed by atoms with van der Waals surface area (Å²) in [6.07, 6.45) is 5.47. The number of para-hydroxylation sites is 1. The van der Waals surface area contributed by atoms with E-state index in [1.807, 2.05) is 50.2 Å². The number of amides is 1. The Balaban J connectivity index is 1.91. The molecule has 5 heteroatoms. The third kappa shape index (κ3) is 4.37. The van der Waals surface area contributed by atoms with Gasteiger partial charge in [0.25, 0.3) is 5.91 Å². The average molecular weight is 340 g/mol. The fraction of sp³-hybridized carbons (Fsp3) is 0.400. The summed E-state index contributed by atoms with van der Waals surface area (Å²) in [7, 11) is 0. The van der Waals surface area contributed by atoms with Crippen LogP contribution in [0.5, 0.6) is 5.75 Å². The number of aromatic nitrogens is 1. The van der Waals surface area contributed by atoms with Crippen LogP contribution in [0.4, 0.5) is 5.69 Å². The smallest absolute Gasteiger partial charge is 0.262 e. The fourth-order valence-electron chi connectivity index (χ4n) is 2.97. The molecule has 2 aromatic rings. The summed E-state index contributed by atoms with van der Waals surface area (Å²) < 4.78 is 11.6. The van der Waals surface area contributed by atoms with Crippen LogP contribution in [0, 0.1) is 0 Å². The Morgan fingerprint density at radius 3 is 2.72 bits per heavy atom. The van der Waals surface area contributed by atoms with E-state index in [9.17, 15) is 4.79 Å². The van der Waals surface area contributed by atoms with E-state index in [0.717, 1.165) is 25.1 Å². The van der Waals surface area contributed by atoms with Gasteiger partial charge in [0.1, 0.15) is 5.75 Å². The Bertz CT molecular complexity index is 697. The van der Waals surface area contributed by atoms with Crippen LogP contribution in [0.3, 0.4) is 0 Å². The molecule has 2 heterocycles. The van der Waals surface area contributed by atoms with E-state index in [-0.39, 0.29) is 18.1 Å². The van der Waals surface area contributed by atoms with Crippen LogP contribution in [0.1, 0.15) is 37.0 Å². The maximum absolute atomic E-state index is 13.3. The number of pyridine rings is 1. The molecule has 0 N–H and O–H groups in total. The average Bonchev–Trinajstić information content (AvgIpc) is 3.13. The number of carbonyl (C=O) groups excluding carboxylic acids is 1. The van der Waals surface area contributed by atoms with Crippen molar-refractivity contribution < 1.29 is 14.3 Å². The molecule has 0 saturated carbocycles. The van der Waals surface area contributed by atoms with Crippen LogP contribution in [0.2, 0.25) is 0 Å². The number of hydrogen-bond acceptors (Lipinski definition) is 4. The van der Waals surface area contributed by atoms with Crippen LogP contribution in [-0.2, 0) is 4.74 Å². The monoisotopic (exact) mass is 340 g/mol. The lowest BCUT2D eigenvalue weighted by atomic mass is 10.1. The van der Waals surface area contributed by atoms with Crippen LogP contribution in [0.15, 0.2) is 48.8 Å². The van der Waals surface area contributed by atoms with Crippen LogP contribution in [-0.4, -0.2) is 36.3 Å². The van der Waals surface area contributed by atoms with E-state index < -0.39 is 0 Å². The molecule has 1 aromatic carbocycles. The molecule has 132 valence electrons. The quantitative estimate of drug-likeness (QED) is 0.805. The Morgan fingerprint density at radius 2 is 2.04 bits per heavy atom. The summed E-state index contributed by atoms with van der Waals surface area (Å²) >= 11 is 0. The van der Waals surface area contributed by atoms with Gasteiger partial charge in [-0.15, -0.1) is 0 Å². The van der Waals surface area contributed by atoms with Gasteiger partial charge in [-0.3, -0.25) is 9.78 Å². The molecular formula is C20H24N2O3. The second kappa shape index (κ2) is 8.12. The Kier molecular flexibility index (Phi) is 5.66. The van der Waals surface area contributed by atoms with E-state index >= 15 is 0 Å². The van der Waals surface area contributed by atoms with Gasteiger partial charge in [0.15, 0.2) is 0 Å². The first-order chi connectivity index (χ1) is 12.1. The van der Waals surface area contributed by atoms with Gasteiger partial charge in [0.2, 0.25) is 0 Å². The number of nitrogens with zero attached hydrogens (tertiary/aromatic N) is 2. The molecule has 1 aliphatic rings. The summed E-state index contributed by atoms with van der Waals surface area (Å²) in [5.41, 5.74) is 1.38. The highest BCUT2D eigenvalue weighted by molar-refractivity contribution is 6.07. The predicted octanol–water partition coefficient (Wildman–Crippen LogP) is 3.69. The first-order valence-corrected chi connectivity index (χ1v) is 8.74. The minimum Gasteiger partial charge on any atom is -0.490 e. The van der Waals surface area contributed by atoms with Crippen molar-refractivity contribution in [2.24, 2.45) is 0 Å². The predicted molar refractivity (Wildman–Crippen MR) is 97.1 cm³/mol. The third-order valence-corrected chi connectivity index (χ3v) is 4.11. The molecule has 0 spiro atoms. The molecular weight excluding hydrogens is 316 g/mol. The number of benzene rings is 1. The highest BCUT2D eigenvalue weighted by Crippen LogP contribution is 2.26. The van der Waals surface area contributed by atoms with Gasteiger partial charge >= 0.3 is 0 Å². The topological polar surface area (TPSA) is 51.7 Å². The second-order valence-electron chi connectivity index (χ2n) is 6.42. The zero-order valence-corrected chi connectivity index (χ0v) is 14.7. The number of hydrogen-bond donors (Lipinski definition) is 0. The van der Waals surface area contributed by atoms with Gasteiger partial charge in [-0.2, -0.15) is 0 Å². The largest absolute Gasteiger partial charge is 0.490 e. The fourth-order valence-corrected chi connectivity index (χ4v) is 2.97. The minimum atomic E-state index is -0.0852. The zero-order valence-electron chi connectivity index (χ0n) is 14.7. The molecule has 1 saturated heterocycles. The third-order valence-electron chi connectivity index (χ3n) is 4.11. The highest BCUT2D eigenvalue weighted by atomic mass is 16.5. The Labute approximate surface area is 148 Å². The number of anilines is 1. The first-order valence-electron chi connectivity index (χ1n) is 8.74. The van der Waals surface area contributed by atoms with Gasteiger partial charge in [-0.25, -0.2) is 0 Å². The van der Waals surface area contributed by atoms with Crippen molar-refractivity contribution in [3.63, 3.8) is 0 Å². The molecule has 0 unspecified atom stereocenters. The molecule has 1 aromatic heterocycles. The molecule has 1 amide bonds. The van der Waals surface area contributed by atoms with Gasteiger partial charge in [0.05, 0.1) is 24.3 Å². The van der Waals surface area contributed by atoms with E-state index in [4.69, 9.17) is 9.47 Å². The van der Waals surface area contributed by atoms with E-state index in [2.05, 4.69) is 4.98 Å². The number of ether oxygens (including phenoxy) is 2. The van der Waals surface area contributed by atoms with Crippen LogP contribution in [0.25, 0.3) is 0 Å². The first kappa shape index (κ1) is 17.4. The minimum absolute atomic E-state index is 0.00138. The van der Waals surface area contributed by atoms with Crippen molar-refractivity contribution in [2.75, 3.05) is 18.1 Å². The van der Waals surface area contributed by atoms with Gasteiger partial charge < -0.3 is 14.4 Å². The molecule has 0 radical (unpaired) electrons. The molecule has 1 fully saturated rings. The summed E-state index contributed by atoms with van der Waals surface area (Å²) in [6.45, 7) is 5.19. The van der Waals surface area contributed by atoms with Gasteiger partial charge in [-0.1, -0.05) is 12.1 Å². The van der Waals surface area contributed by atoms with Crippen molar-refractivity contribution in [2.45, 2.75) is 38.9 Å². The van der Waals surface area contributed by atoms with E-state index in [0.29, 0.717) is 17.9 Å². The highest BCUT2D eigenvalue weighted by Gasteiger charge is 2.26. The zero-order chi connectivity index (χ0) is 17.6. The number of rotatable bonds is 6. The molecule has 25 heavy (non-hydrogen) atoms. The molecule has 1 atom stereocenters. The Morgan fingerprint density at radius 1 is 1.28 bits per heavy atom. The molecule has 0 bridgehead atoms. The van der Waals surface area contributed by atoms with Crippen molar-refractivity contribution >= 4 is 11.6 Å². The molecule has 1 aliphatic heterocycles. The van der Waals surface area contributed by atoms with Crippen molar-refractivity contribution in [1.29, 1.82) is 0 Å². The van der Waals surface area contributed by atoms with E-state index in [1.54, 1.807) is 17.3 Å². The second-order valence-corrected chi connectivity index (χ2v) is 6.42. The summed E-state index contributed by atoms with van der Waals surface area (Å²) in [5, 5.41) is 0. The molecule has 3 rings (SSSR count). The summed E-state index contributed by atoms with van der Waals surface area (Å²) in [6, 6.07) is 11.1. The van der Waals surface area contributed by atoms with Gasteiger partial charge in [0, 0.05) is 24.7 Å².